The number of hydrogen-bond donors (Lipinski definition) is 0. The zero-order chi connectivity index (χ0) is 13.1. The molecule has 0 fully saturated rings. The lowest BCUT2D eigenvalue weighted by molar-refractivity contribution is 0.291. The third-order valence-electron chi connectivity index (χ3n) is 2.24. The summed E-state index contributed by atoms with van der Waals surface area (Å²) in [5.74, 6) is -1.08. The first kappa shape index (κ1) is 13.2. The molecule has 0 aliphatic rings. The highest BCUT2D eigenvalue weighted by molar-refractivity contribution is 9.10. The van der Waals surface area contributed by atoms with Crippen molar-refractivity contribution in [2.24, 2.45) is 0 Å². The minimum absolute atomic E-state index is 0.147. The molecule has 1 aromatic carbocycles. The van der Waals surface area contributed by atoms with Gasteiger partial charge in [-0.15, -0.1) is 0 Å². The number of nitrogens with zero attached hydrogens (tertiary/aromatic N) is 1. The van der Waals surface area contributed by atoms with Crippen LogP contribution in [-0.2, 0) is 6.61 Å². The van der Waals surface area contributed by atoms with Gasteiger partial charge >= 0.3 is 0 Å². The van der Waals surface area contributed by atoms with E-state index in [0.717, 1.165) is 6.07 Å². The lowest BCUT2D eigenvalue weighted by atomic mass is 10.2. The highest BCUT2D eigenvalue weighted by Gasteiger charge is 2.13. The van der Waals surface area contributed by atoms with Crippen molar-refractivity contribution in [2.75, 3.05) is 0 Å². The second-order valence-electron chi connectivity index (χ2n) is 3.40. The van der Waals surface area contributed by atoms with Gasteiger partial charge in [-0.2, -0.15) is 0 Å². The monoisotopic (exact) mass is 333 g/mol. The molecule has 0 unspecified atom stereocenters. The second kappa shape index (κ2) is 5.63. The van der Waals surface area contributed by atoms with Gasteiger partial charge in [0.25, 0.3) is 0 Å². The Morgan fingerprint density at radius 1 is 1.28 bits per heavy atom. The molecule has 2 aromatic rings. The van der Waals surface area contributed by atoms with Crippen LogP contribution in [0.25, 0.3) is 0 Å². The van der Waals surface area contributed by atoms with E-state index in [1.165, 1.54) is 12.3 Å². The van der Waals surface area contributed by atoms with Crippen molar-refractivity contribution in [3.63, 3.8) is 0 Å². The van der Waals surface area contributed by atoms with Gasteiger partial charge in [0.1, 0.15) is 18.2 Å². The van der Waals surface area contributed by atoms with Crippen molar-refractivity contribution < 1.29 is 13.5 Å². The molecule has 2 nitrogen and oxygen atoms in total. The Labute approximate surface area is 116 Å². The average molecular weight is 335 g/mol. The van der Waals surface area contributed by atoms with Gasteiger partial charge in [0.15, 0.2) is 10.9 Å². The fourth-order valence-electron chi connectivity index (χ4n) is 1.33. The molecule has 0 saturated carbocycles. The van der Waals surface area contributed by atoms with Gasteiger partial charge in [0, 0.05) is 6.20 Å². The third-order valence-corrected chi connectivity index (χ3v) is 3.13. The fourth-order valence-corrected chi connectivity index (χ4v) is 1.88. The van der Waals surface area contributed by atoms with Gasteiger partial charge in [-0.1, -0.05) is 11.6 Å². The summed E-state index contributed by atoms with van der Waals surface area (Å²) in [4.78, 5) is 3.80. The highest BCUT2D eigenvalue weighted by Crippen LogP contribution is 2.25. The maximum absolute atomic E-state index is 13.7. The van der Waals surface area contributed by atoms with Crippen LogP contribution in [0.4, 0.5) is 8.78 Å². The molecule has 18 heavy (non-hydrogen) atoms. The quantitative estimate of drug-likeness (QED) is 0.615. The summed E-state index contributed by atoms with van der Waals surface area (Å²) in [6, 6.07) is 5.65. The Morgan fingerprint density at radius 2 is 2.06 bits per heavy atom. The van der Waals surface area contributed by atoms with Gasteiger partial charge in [-0.05, 0) is 40.2 Å². The van der Waals surface area contributed by atoms with Crippen molar-refractivity contribution in [2.45, 2.75) is 6.61 Å². The molecule has 0 radical (unpaired) electrons. The normalized spacial score (nSPS) is 10.4. The van der Waals surface area contributed by atoms with Gasteiger partial charge in [-0.3, -0.25) is 0 Å². The van der Waals surface area contributed by atoms with Crippen LogP contribution in [0.1, 0.15) is 5.56 Å². The van der Waals surface area contributed by atoms with E-state index < -0.39 is 11.6 Å². The summed E-state index contributed by atoms with van der Waals surface area (Å²) in [6.07, 6.45) is 1.50. The van der Waals surface area contributed by atoms with Gasteiger partial charge in [0.2, 0.25) is 0 Å². The van der Waals surface area contributed by atoms with Crippen LogP contribution in [0.2, 0.25) is 5.15 Å². The molecule has 1 heterocycles. The van der Waals surface area contributed by atoms with Crippen LogP contribution < -0.4 is 4.74 Å². The molecule has 0 aliphatic carbocycles. The number of hydrogen-bond acceptors (Lipinski definition) is 2. The number of rotatable bonds is 3. The molecular weight excluding hydrogens is 327 g/mol. The number of ether oxygens (including phenoxy) is 1. The molecule has 0 bridgehead atoms. The van der Waals surface area contributed by atoms with Gasteiger partial charge < -0.3 is 4.74 Å². The van der Waals surface area contributed by atoms with Crippen molar-refractivity contribution >= 4 is 27.5 Å². The number of pyridine rings is 1. The van der Waals surface area contributed by atoms with Crippen LogP contribution in [0.3, 0.4) is 0 Å². The first-order chi connectivity index (χ1) is 8.59. The average Bonchev–Trinajstić information content (AvgIpc) is 2.36. The number of halogens is 4. The van der Waals surface area contributed by atoms with Crippen molar-refractivity contribution in [3.05, 3.63) is 57.3 Å². The van der Waals surface area contributed by atoms with E-state index in [9.17, 15) is 8.78 Å². The Bertz CT molecular complexity index is 580. The van der Waals surface area contributed by atoms with Crippen molar-refractivity contribution in [1.82, 2.24) is 4.98 Å². The molecule has 0 N–H and O–H groups in total. The predicted molar refractivity (Wildman–Crippen MR) is 67.6 cm³/mol. The van der Waals surface area contributed by atoms with E-state index in [0.29, 0.717) is 0 Å². The topological polar surface area (TPSA) is 22.1 Å². The summed E-state index contributed by atoms with van der Waals surface area (Å²) < 4.78 is 32.5. The first-order valence-corrected chi connectivity index (χ1v) is 6.12. The lowest BCUT2D eigenvalue weighted by Crippen LogP contribution is -2.03. The zero-order valence-electron chi connectivity index (χ0n) is 8.96. The molecule has 2 rings (SSSR count). The molecule has 0 aliphatic heterocycles. The maximum atomic E-state index is 13.7. The van der Waals surface area contributed by atoms with Gasteiger partial charge in [0.05, 0.1) is 10.0 Å². The maximum Gasteiger partial charge on any atom is 0.171 e. The molecule has 1 aromatic heterocycles. The molecule has 0 amide bonds. The lowest BCUT2D eigenvalue weighted by Gasteiger charge is -2.09. The first-order valence-electron chi connectivity index (χ1n) is 4.95. The largest absolute Gasteiger partial charge is 0.485 e. The van der Waals surface area contributed by atoms with Crippen molar-refractivity contribution in [1.29, 1.82) is 0 Å². The van der Waals surface area contributed by atoms with Gasteiger partial charge in [-0.25, -0.2) is 13.8 Å². The smallest absolute Gasteiger partial charge is 0.171 e. The summed E-state index contributed by atoms with van der Waals surface area (Å²) in [5, 5.41) is 0.147. The van der Waals surface area contributed by atoms with E-state index in [1.54, 1.807) is 12.1 Å². The third kappa shape index (κ3) is 2.79. The fraction of sp³-hybridized carbons (Fsp3) is 0.0833. The highest BCUT2D eigenvalue weighted by atomic mass is 79.9. The van der Waals surface area contributed by atoms with E-state index in [1.807, 2.05) is 0 Å². The number of benzene rings is 1. The van der Waals surface area contributed by atoms with Crippen LogP contribution in [0.5, 0.6) is 5.75 Å². The Balaban J connectivity index is 2.21. The van der Waals surface area contributed by atoms with E-state index in [4.69, 9.17) is 16.3 Å². The van der Waals surface area contributed by atoms with Crippen LogP contribution >= 0.6 is 27.5 Å². The summed E-state index contributed by atoms with van der Waals surface area (Å²) in [7, 11) is 0. The summed E-state index contributed by atoms with van der Waals surface area (Å²) in [6.45, 7) is -0.261. The van der Waals surface area contributed by atoms with Crippen LogP contribution in [0.15, 0.2) is 34.9 Å². The molecular formula is C12H7BrClF2NO. The molecule has 94 valence electrons. The Morgan fingerprint density at radius 3 is 2.78 bits per heavy atom. The van der Waals surface area contributed by atoms with Crippen molar-refractivity contribution in [3.8, 4) is 5.75 Å². The Hall–Kier alpha value is -1.20. The summed E-state index contributed by atoms with van der Waals surface area (Å²) >= 11 is 8.75. The van der Waals surface area contributed by atoms with E-state index in [-0.39, 0.29) is 27.5 Å². The molecule has 0 spiro atoms. The van der Waals surface area contributed by atoms with E-state index in [2.05, 4.69) is 20.9 Å². The Kier molecular flexibility index (Phi) is 4.14. The minimum Gasteiger partial charge on any atom is -0.485 e. The standard InChI is InChI=1S/C12H7BrClF2NO/c13-8-3-4-9(15)7(11(8)16)6-18-10-2-1-5-17-12(10)14/h1-5H,6H2. The van der Waals surface area contributed by atoms with E-state index >= 15 is 0 Å². The SMILES string of the molecule is Fc1ccc(Br)c(F)c1COc1cccnc1Cl. The van der Waals surface area contributed by atoms with Crippen LogP contribution in [-0.4, -0.2) is 4.98 Å². The molecule has 0 atom stereocenters. The summed E-state index contributed by atoms with van der Waals surface area (Å²) in [5.41, 5.74) is -0.163. The predicted octanol–water partition coefficient (Wildman–Crippen LogP) is 4.35. The van der Waals surface area contributed by atoms with Crippen LogP contribution in [0, 0.1) is 11.6 Å². The number of aromatic nitrogens is 1. The molecule has 0 saturated heterocycles. The molecule has 6 heteroatoms. The minimum atomic E-state index is -0.685. The second-order valence-corrected chi connectivity index (χ2v) is 4.62. The zero-order valence-corrected chi connectivity index (χ0v) is 11.3.